The molecule has 108 valence electrons. The van der Waals surface area contributed by atoms with Crippen LogP contribution in [0, 0.1) is 0 Å². The predicted molar refractivity (Wildman–Crippen MR) is 81.3 cm³/mol. The Morgan fingerprint density at radius 1 is 0.714 bits per heavy atom. The number of carbonyl (C=O) groups excluding carboxylic acids is 2. The van der Waals surface area contributed by atoms with Crippen molar-refractivity contribution < 1.29 is 9.59 Å². The fourth-order valence-electron chi connectivity index (χ4n) is 2.39. The number of hydrogen-bond acceptors (Lipinski definition) is 2. The molecule has 0 fully saturated rings. The Bertz CT molecular complexity index is 566. The van der Waals surface area contributed by atoms with Gasteiger partial charge in [-0.05, 0) is 0 Å². The second-order valence-electron chi connectivity index (χ2n) is 4.84. The van der Waals surface area contributed by atoms with E-state index in [-0.39, 0.29) is 11.8 Å². The number of carbonyl (C=O) groups is 2. The summed E-state index contributed by atoms with van der Waals surface area (Å²) in [6.07, 6.45) is 0. The SMILES string of the molecule is CC(=O)NC(NC(C)=O)(c1ccccc1)c1ccccc1. The van der Waals surface area contributed by atoms with Crippen molar-refractivity contribution >= 4 is 11.8 Å². The highest BCUT2D eigenvalue weighted by atomic mass is 16.2. The first kappa shape index (κ1) is 14.8. The van der Waals surface area contributed by atoms with Gasteiger partial charge >= 0.3 is 0 Å². The largest absolute Gasteiger partial charge is 0.326 e. The maximum atomic E-state index is 11.7. The first-order valence-electron chi connectivity index (χ1n) is 6.73. The van der Waals surface area contributed by atoms with Crippen LogP contribution in [0.1, 0.15) is 25.0 Å². The third kappa shape index (κ3) is 3.28. The highest BCUT2D eigenvalue weighted by molar-refractivity contribution is 5.79. The minimum Gasteiger partial charge on any atom is -0.326 e. The van der Waals surface area contributed by atoms with E-state index in [4.69, 9.17) is 0 Å². The minimum absolute atomic E-state index is 0.226. The van der Waals surface area contributed by atoms with Crippen LogP contribution in [0.15, 0.2) is 60.7 Å². The zero-order valence-corrected chi connectivity index (χ0v) is 12.1. The van der Waals surface area contributed by atoms with E-state index < -0.39 is 5.66 Å². The van der Waals surface area contributed by atoms with Crippen molar-refractivity contribution in [2.45, 2.75) is 19.5 Å². The van der Waals surface area contributed by atoms with Gasteiger partial charge in [0.25, 0.3) is 0 Å². The van der Waals surface area contributed by atoms with E-state index in [2.05, 4.69) is 10.6 Å². The highest BCUT2D eigenvalue weighted by Gasteiger charge is 2.35. The van der Waals surface area contributed by atoms with Crippen molar-refractivity contribution in [1.82, 2.24) is 10.6 Å². The van der Waals surface area contributed by atoms with Crippen LogP contribution in [0.25, 0.3) is 0 Å². The summed E-state index contributed by atoms with van der Waals surface area (Å²) >= 11 is 0. The van der Waals surface area contributed by atoms with Gasteiger partial charge in [0.2, 0.25) is 11.8 Å². The molecule has 21 heavy (non-hydrogen) atoms. The Kier molecular flexibility index (Phi) is 4.38. The van der Waals surface area contributed by atoms with Gasteiger partial charge in [0.15, 0.2) is 5.66 Å². The van der Waals surface area contributed by atoms with Crippen LogP contribution in [0.4, 0.5) is 0 Å². The lowest BCUT2D eigenvalue weighted by atomic mass is 9.90. The molecule has 0 saturated heterocycles. The Balaban J connectivity index is 2.64. The van der Waals surface area contributed by atoms with Crippen LogP contribution < -0.4 is 10.6 Å². The predicted octanol–water partition coefficient (Wildman–Crippen LogP) is 2.16. The Labute approximate surface area is 124 Å². The molecule has 2 rings (SSSR count). The maximum absolute atomic E-state index is 11.7. The van der Waals surface area contributed by atoms with E-state index in [0.29, 0.717) is 0 Å². The first-order chi connectivity index (χ1) is 10.0. The van der Waals surface area contributed by atoms with E-state index >= 15 is 0 Å². The molecular weight excluding hydrogens is 264 g/mol. The second kappa shape index (κ2) is 6.22. The third-order valence-electron chi connectivity index (χ3n) is 3.14. The summed E-state index contributed by atoms with van der Waals surface area (Å²) in [6.45, 7) is 2.87. The monoisotopic (exact) mass is 282 g/mol. The fourth-order valence-corrected chi connectivity index (χ4v) is 2.39. The molecule has 0 bridgehead atoms. The van der Waals surface area contributed by atoms with Crippen LogP contribution in [0.5, 0.6) is 0 Å². The lowest BCUT2D eigenvalue weighted by Crippen LogP contribution is -2.57. The van der Waals surface area contributed by atoms with Crippen LogP contribution in [-0.2, 0) is 15.3 Å². The standard InChI is InChI=1S/C17H18N2O2/c1-13(20)18-17(19-14(2)21,15-9-5-3-6-10-15)16-11-7-4-8-12-16/h3-12H,1-2H3,(H,18,20)(H,19,21). The lowest BCUT2D eigenvalue weighted by Gasteiger charge is -2.36. The molecule has 0 spiro atoms. The molecule has 0 saturated carbocycles. The van der Waals surface area contributed by atoms with E-state index in [1.54, 1.807) is 0 Å². The van der Waals surface area contributed by atoms with Gasteiger partial charge in [-0.3, -0.25) is 9.59 Å². The molecule has 0 aromatic heterocycles. The number of amides is 2. The quantitative estimate of drug-likeness (QED) is 0.844. The summed E-state index contributed by atoms with van der Waals surface area (Å²) in [6, 6.07) is 18.8. The van der Waals surface area contributed by atoms with Crippen molar-refractivity contribution in [3.8, 4) is 0 Å². The summed E-state index contributed by atoms with van der Waals surface area (Å²) < 4.78 is 0. The summed E-state index contributed by atoms with van der Waals surface area (Å²) in [5.41, 5.74) is 0.517. The summed E-state index contributed by atoms with van der Waals surface area (Å²) in [5.74, 6) is -0.451. The molecule has 0 unspecified atom stereocenters. The van der Waals surface area contributed by atoms with Crippen molar-refractivity contribution in [2.75, 3.05) is 0 Å². The molecule has 2 aromatic rings. The Morgan fingerprint density at radius 3 is 1.33 bits per heavy atom. The smallest absolute Gasteiger partial charge is 0.219 e. The van der Waals surface area contributed by atoms with E-state index in [9.17, 15) is 9.59 Å². The van der Waals surface area contributed by atoms with E-state index in [1.165, 1.54) is 13.8 Å². The van der Waals surface area contributed by atoms with Gasteiger partial charge in [-0.25, -0.2) is 0 Å². The third-order valence-corrected chi connectivity index (χ3v) is 3.14. The van der Waals surface area contributed by atoms with Gasteiger partial charge in [-0.1, -0.05) is 60.7 Å². The molecule has 4 nitrogen and oxygen atoms in total. The van der Waals surface area contributed by atoms with Gasteiger partial charge in [-0.15, -0.1) is 0 Å². The van der Waals surface area contributed by atoms with Crippen LogP contribution in [0.3, 0.4) is 0 Å². The molecule has 0 aliphatic heterocycles. The van der Waals surface area contributed by atoms with Gasteiger partial charge in [0, 0.05) is 25.0 Å². The fraction of sp³-hybridized carbons (Fsp3) is 0.176. The highest BCUT2D eigenvalue weighted by Crippen LogP contribution is 2.27. The zero-order chi connectivity index (χ0) is 15.3. The number of benzene rings is 2. The molecule has 2 N–H and O–H groups in total. The normalized spacial score (nSPS) is 10.8. The molecule has 2 aromatic carbocycles. The summed E-state index contributed by atoms with van der Waals surface area (Å²) in [7, 11) is 0. The molecule has 4 heteroatoms. The molecule has 0 heterocycles. The van der Waals surface area contributed by atoms with Crippen LogP contribution in [-0.4, -0.2) is 11.8 Å². The minimum atomic E-state index is -1.07. The van der Waals surface area contributed by atoms with Crippen molar-refractivity contribution in [2.24, 2.45) is 0 Å². The topological polar surface area (TPSA) is 58.2 Å². The molecule has 2 amide bonds. The van der Waals surface area contributed by atoms with Gasteiger partial charge < -0.3 is 10.6 Å². The Morgan fingerprint density at radius 2 is 1.05 bits per heavy atom. The van der Waals surface area contributed by atoms with Crippen molar-refractivity contribution in [3.05, 3.63) is 71.8 Å². The zero-order valence-electron chi connectivity index (χ0n) is 12.1. The van der Waals surface area contributed by atoms with Gasteiger partial charge in [0.1, 0.15) is 0 Å². The number of rotatable bonds is 4. The van der Waals surface area contributed by atoms with Crippen molar-refractivity contribution in [1.29, 1.82) is 0 Å². The first-order valence-corrected chi connectivity index (χ1v) is 6.73. The lowest BCUT2D eigenvalue weighted by molar-refractivity contribution is -0.124. The van der Waals surface area contributed by atoms with E-state index in [0.717, 1.165) is 11.1 Å². The number of nitrogens with one attached hydrogen (secondary N) is 2. The molecule has 0 aliphatic carbocycles. The number of hydrogen-bond donors (Lipinski definition) is 2. The van der Waals surface area contributed by atoms with E-state index in [1.807, 2.05) is 60.7 Å². The summed E-state index contributed by atoms with van der Waals surface area (Å²) in [4.78, 5) is 23.5. The van der Waals surface area contributed by atoms with Gasteiger partial charge in [0.05, 0.1) is 0 Å². The second-order valence-corrected chi connectivity index (χ2v) is 4.84. The molecule has 0 radical (unpaired) electrons. The molecule has 0 aliphatic rings. The summed E-state index contributed by atoms with van der Waals surface area (Å²) in [5, 5.41) is 5.77. The van der Waals surface area contributed by atoms with Crippen LogP contribution in [0.2, 0.25) is 0 Å². The van der Waals surface area contributed by atoms with Crippen LogP contribution >= 0.6 is 0 Å². The maximum Gasteiger partial charge on any atom is 0.219 e. The average Bonchev–Trinajstić information content (AvgIpc) is 2.47. The Hall–Kier alpha value is -2.62. The van der Waals surface area contributed by atoms with Gasteiger partial charge in [-0.2, -0.15) is 0 Å². The average molecular weight is 282 g/mol. The molecule has 0 atom stereocenters. The van der Waals surface area contributed by atoms with Crippen molar-refractivity contribution in [3.63, 3.8) is 0 Å². The molecular formula is C17H18N2O2.